The average Bonchev–Trinajstić information content (AvgIpc) is 3.33. The van der Waals surface area contributed by atoms with E-state index in [-0.39, 0.29) is 18.5 Å². The second-order valence-electron chi connectivity index (χ2n) is 21.4. The van der Waals surface area contributed by atoms with Crippen molar-refractivity contribution in [2.24, 2.45) is 0 Å². The molecule has 0 spiro atoms. The van der Waals surface area contributed by atoms with Gasteiger partial charge >= 0.3 is 5.97 Å². The van der Waals surface area contributed by atoms with Crippen molar-refractivity contribution in [2.45, 2.75) is 366 Å². The molecular formula is C61H121NO5. The van der Waals surface area contributed by atoms with E-state index >= 15 is 0 Å². The molecule has 0 rings (SSSR count). The lowest BCUT2D eigenvalue weighted by molar-refractivity contribution is -0.143. The summed E-state index contributed by atoms with van der Waals surface area (Å²) in [5, 5.41) is 23.2. The Labute approximate surface area is 419 Å². The highest BCUT2D eigenvalue weighted by Crippen LogP contribution is 2.18. The van der Waals surface area contributed by atoms with Gasteiger partial charge in [-0.2, -0.15) is 0 Å². The summed E-state index contributed by atoms with van der Waals surface area (Å²) < 4.78 is 5.50. The van der Waals surface area contributed by atoms with Gasteiger partial charge in [0, 0.05) is 12.8 Å². The van der Waals surface area contributed by atoms with Crippen LogP contribution in [0.1, 0.15) is 354 Å². The summed E-state index contributed by atoms with van der Waals surface area (Å²) in [7, 11) is 0. The van der Waals surface area contributed by atoms with Crippen molar-refractivity contribution in [3.05, 3.63) is 0 Å². The summed E-state index contributed by atoms with van der Waals surface area (Å²) >= 11 is 0. The van der Waals surface area contributed by atoms with Crippen LogP contribution in [0.3, 0.4) is 0 Å². The highest BCUT2D eigenvalue weighted by molar-refractivity contribution is 5.76. The fourth-order valence-corrected chi connectivity index (χ4v) is 9.94. The van der Waals surface area contributed by atoms with Gasteiger partial charge in [-0.15, -0.1) is 0 Å². The summed E-state index contributed by atoms with van der Waals surface area (Å²) in [6.45, 7) is 4.97. The molecule has 0 bridgehead atoms. The van der Waals surface area contributed by atoms with E-state index in [2.05, 4.69) is 19.2 Å². The van der Waals surface area contributed by atoms with Crippen molar-refractivity contribution in [1.29, 1.82) is 0 Å². The molecule has 0 radical (unpaired) electrons. The zero-order valence-electron chi connectivity index (χ0n) is 45.7. The quantitative estimate of drug-likeness (QED) is 0.0417. The molecule has 67 heavy (non-hydrogen) atoms. The van der Waals surface area contributed by atoms with Gasteiger partial charge in [-0.25, -0.2) is 0 Å². The van der Waals surface area contributed by atoms with E-state index in [1.165, 1.54) is 283 Å². The summed E-state index contributed by atoms with van der Waals surface area (Å²) in [5.41, 5.74) is 0. The third-order valence-electron chi connectivity index (χ3n) is 14.7. The van der Waals surface area contributed by atoms with E-state index in [0.29, 0.717) is 25.9 Å². The van der Waals surface area contributed by atoms with Crippen molar-refractivity contribution < 1.29 is 24.5 Å². The maximum absolute atomic E-state index is 12.4. The molecular weight excluding hydrogens is 827 g/mol. The van der Waals surface area contributed by atoms with Crippen LogP contribution in [-0.4, -0.2) is 47.4 Å². The van der Waals surface area contributed by atoms with Crippen molar-refractivity contribution in [3.8, 4) is 0 Å². The van der Waals surface area contributed by atoms with Gasteiger partial charge < -0.3 is 20.3 Å². The van der Waals surface area contributed by atoms with E-state index in [4.69, 9.17) is 4.74 Å². The molecule has 0 saturated heterocycles. The van der Waals surface area contributed by atoms with Crippen LogP contribution in [0.5, 0.6) is 0 Å². The van der Waals surface area contributed by atoms with E-state index in [0.717, 1.165) is 38.5 Å². The molecule has 0 aromatic heterocycles. The first-order valence-corrected chi connectivity index (χ1v) is 30.8. The zero-order chi connectivity index (χ0) is 48.6. The Hall–Kier alpha value is -1.14. The number of carbonyl (C=O) groups is 2. The van der Waals surface area contributed by atoms with Crippen LogP contribution < -0.4 is 5.32 Å². The fraction of sp³-hybridized carbons (Fsp3) is 0.967. The average molecular weight is 949 g/mol. The monoisotopic (exact) mass is 948 g/mol. The molecule has 0 aliphatic rings. The topological polar surface area (TPSA) is 95.9 Å². The molecule has 3 N–H and O–H groups in total. The molecule has 0 aromatic rings. The Balaban J connectivity index is 3.31. The Morgan fingerprint density at radius 3 is 0.910 bits per heavy atom. The number of hydrogen-bond acceptors (Lipinski definition) is 5. The Morgan fingerprint density at radius 1 is 0.358 bits per heavy atom. The van der Waals surface area contributed by atoms with E-state index in [1.54, 1.807) is 0 Å². The number of aliphatic hydroxyl groups is 2. The Morgan fingerprint density at radius 2 is 0.612 bits per heavy atom. The van der Waals surface area contributed by atoms with E-state index in [9.17, 15) is 19.8 Å². The molecule has 2 unspecified atom stereocenters. The predicted molar refractivity (Wildman–Crippen MR) is 292 cm³/mol. The van der Waals surface area contributed by atoms with E-state index in [1.807, 2.05) is 0 Å². The molecule has 0 aromatic carbocycles. The first-order valence-electron chi connectivity index (χ1n) is 30.8. The number of unbranched alkanes of at least 4 members (excludes halogenated alkanes) is 47. The Kier molecular flexibility index (Phi) is 56.5. The maximum Gasteiger partial charge on any atom is 0.305 e. The number of nitrogens with one attached hydrogen (secondary N) is 1. The van der Waals surface area contributed by atoms with Crippen LogP contribution in [0.4, 0.5) is 0 Å². The number of esters is 1. The van der Waals surface area contributed by atoms with Crippen LogP contribution in [0.2, 0.25) is 0 Å². The number of ether oxygens (including phenoxy) is 1. The van der Waals surface area contributed by atoms with Gasteiger partial charge in [0.2, 0.25) is 5.91 Å². The summed E-state index contributed by atoms with van der Waals surface area (Å²) in [6, 6.07) is -0.537. The van der Waals surface area contributed by atoms with Crippen molar-refractivity contribution in [3.63, 3.8) is 0 Å². The Bertz CT molecular complexity index is 959. The van der Waals surface area contributed by atoms with Gasteiger partial charge in [-0.3, -0.25) is 9.59 Å². The lowest BCUT2D eigenvalue weighted by Crippen LogP contribution is -2.45. The molecule has 400 valence electrons. The third kappa shape index (κ3) is 54.0. The van der Waals surface area contributed by atoms with Gasteiger partial charge in [0.1, 0.15) is 0 Å². The lowest BCUT2D eigenvalue weighted by atomic mass is 10.0. The van der Waals surface area contributed by atoms with Gasteiger partial charge in [0.25, 0.3) is 0 Å². The summed E-state index contributed by atoms with van der Waals surface area (Å²) in [5.74, 6) is -0.0138. The molecule has 0 aliphatic heterocycles. The van der Waals surface area contributed by atoms with Crippen LogP contribution in [0, 0.1) is 0 Å². The minimum absolute atomic E-state index is 0.0197. The normalized spacial score (nSPS) is 12.5. The standard InChI is InChI=1S/C61H121NO5/c1-3-5-7-9-11-13-15-16-17-29-32-35-39-43-47-51-55-61(66)67-56-52-48-44-40-36-33-30-27-25-23-21-19-18-20-22-24-26-28-31-34-38-42-46-50-54-60(65)62-58(57-63)59(64)53-49-45-41-37-14-12-10-8-6-4-2/h58-59,63-64H,3-57H2,1-2H3,(H,62,65). The van der Waals surface area contributed by atoms with Crippen molar-refractivity contribution in [2.75, 3.05) is 13.2 Å². The second kappa shape index (κ2) is 57.4. The SMILES string of the molecule is CCCCCCCCCCCCCCCCCCC(=O)OCCCCCCCCCCCCCCCCCCCCCCCCCCC(=O)NC(CO)C(O)CCCCCCCCCCCC. The van der Waals surface area contributed by atoms with Crippen LogP contribution in [-0.2, 0) is 14.3 Å². The van der Waals surface area contributed by atoms with E-state index < -0.39 is 12.1 Å². The maximum atomic E-state index is 12.4. The minimum atomic E-state index is -0.660. The van der Waals surface area contributed by atoms with Crippen molar-refractivity contribution in [1.82, 2.24) is 5.32 Å². The first kappa shape index (κ1) is 65.9. The largest absolute Gasteiger partial charge is 0.466 e. The molecule has 6 heteroatoms. The minimum Gasteiger partial charge on any atom is -0.466 e. The second-order valence-corrected chi connectivity index (χ2v) is 21.4. The number of amides is 1. The lowest BCUT2D eigenvalue weighted by Gasteiger charge is -2.22. The number of hydrogen-bond donors (Lipinski definition) is 3. The molecule has 0 heterocycles. The molecule has 1 amide bonds. The highest BCUT2D eigenvalue weighted by Gasteiger charge is 2.20. The smallest absolute Gasteiger partial charge is 0.305 e. The van der Waals surface area contributed by atoms with Crippen LogP contribution in [0.15, 0.2) is 0 Å². The van der Waals surface area contributed by atoms with Gasteiger partial charge in [0.15, 0.2) is 0 Å². The van der Waals surface area contributed by atoms with Gasteiger partial charge in [-0.05, 0) is 25.7 Å². The third-order valence-corrected chi connectivity index (χ3v) is 14.7. The number of aliphatic hydroxyl groups excluding tert-OH is 2. The van der Waals surface area contributed by atoms with Gasteiger partial charge in [-0.1, -0.05) is 316 Å². The van der Waals surface area contributed by atoms with Gasteiger partial charge in [0.05, 0.1) is 25.4 Å². The molecule has 0 saturated carbocycles. The number of carbonyl (C=O) groups excluding carboxylic acids is 2. The van der Waals surface area contributed by atoms with Crippen molar-refractivity contribution >= 4 is 11.9 Å². The predicted octanol–water partition coefficient (Wildman–Crippen LogP) is 19.1. The highest BCUT2D eigenvalue weighted by atomic mass is 16.5. The summed E-state index contributed by atoms with van der Waals surface area (Å²) in [6.07, 6.45) is 66.9. The zero-order valence-corrected chi connectivity index (χ0v) is 45.7. The van der Waals surface area contributed by atoms with Crippen LogP contribution >= 0.6 is 0 Å². The number of rotatable bonds is 58. The molecule has 0 aliphatic carbocycles. The molecule has 2 atom stereocenters. The molecule has 0 fully saturated rings. The first-order chi connectivity index (χ1) is 33.0. The summed E-state index contributed by atoms with van der Waals surface area (Å²) in [4.78, 5) is 24.5. The fourth-order valence-electron chi connectivity index (χ4n) is 9.94. The van der Waals surface area contributed by atoms with Crippen LogP contribution in [0.25, 0.3) is 0 Å². The molecule has 6 nitrogen and oxygen atoms in total.